The third-order valence-electron chi connectivity index (χ3n) is 5.14. The molecule has 0 saturated carbocycles. The number of rotatable bonds is 6. The number of carbonyl (C=O) groups excluding carboxylic acids is 1. The van der Waals surface area contributed by atoms with E-state index in [4.69, 9.17) is 15.2 Å². The summed E-state index contributed by atoms with van der Waals surface area (Å²) in [7, 11) is 1.29. The Morgan fingerprint density at radius 2 is 1.94 bits per heavy atom. The maximum absolute atomic E-state index is 11.4. The molecule has 1 aliphatic rings. The van der Waals surface area contributed by atoms with Crippen LogP contribution in [0.3, 0.4) is 0 Å². The average molecular weight is 430 g/mol. The fraction of sp³-hybridized carbons (Fsp3) is 0.250. The van der Waals surface area contributed by atoms with Gasteiger partial charge in [-0.2, -0.15) is 10.5 Å². The Morgan fingerprint density at radius 3 is 2.56 bits per heavy atom. The van der Waals surface area contributed by atoms with E-state index < -0.39 is 5.97 Å². The molecule has 1 aliphatic carbocycles. The maximum Gasteiger partial charge on any atom is 0.343 e. The van der Waals surface area contributed by atoms with Gasteiger partial charge in [-0.1, -0.05) is 6.07 Å². The number of benzene rings is 1. The summed E-state index contributed by atoms with van der Waals surface area (Å²) < 4.78 is 15.8. The molecule has 162 valence electrons. The van der Waals surface area contributed by atoms with E-state index in [0.717, 1.165) is 16.7 Å². The van der Waals surface area contributed by atoms with Crippen LogP contribution in [0.5, 0.6) is 11.5 Å². The number of carbonyl (C=O) groups is 1. The van der Waals surface area contributed by atoms with Crippen molar-refractivity contribution in [1.29, 1.82) is 10.5 Å². The Bertz CT molecular complexity index is 1250. The highest BCUT2D eigenvalue weighted by molar-refractivity contribution is 6.08. The number of nitrogens with zero attached hydrogens (tertiary/aromatic N) is 3. The Morgan fingerprint density at radius 1 is 1.19 bits per heavy atom. The summed E-state index contributed by atoms with van der Waals surface area (Å²) in [5, 5.41) is 19.2. The quantitative estimate of drug-likeness (QED) is 0.687. The second-order valence-corrected chi connectivity index (χ2v) is 7.01. The number of nitrogen functional groups attached to an aromatic ring is 1. The first-order valence-corrected chi connectivity index (χ1v) is 9.86. The molecule has 0 atom stereocenters. The number of methoxy groups -OCH3 is 1. The van der Waals surface area contributed by atoms with Crippen molar-refractivity contribution in [2.45, 2.75) is 20.8 Å². The molecule has 2 N–H and O–H groups in total. The normalized spacial score (nSPS) is 13.4. The molecule has 1 heterocycles. The minimum atomic E-state index is -0.499. The third-order valence-corrected chi connectivity index (χ3v) is 5.14. The molecule has 0 spiro atoms. The predicted molar refractivity (Wildman–Crippen MR) is 119 cm³/mol. The zero-order valence-electron chi connectivity index (χ0n) is 18.3. The monoisotopic (exact) mass is 430 g/mol. The van der Waals surface area contributed by atoms with E-state index >= 15 is 0 Å². The number of fused-ring (bicyclic) bond motifs is 1. The van der Waals surface area contributed by atoms with Gasteiger partial charge in [-0.05, 0) is 61.3 Å². The summed E-state index contributed by atoms with van der Waals surface area (Å²) in [6, 6.07) is 9.59. The van der Waals surface area contributed by atoms with Crippen LogP contribution in [0, 0.1) is 29.6 Å². The second-order valence-electron chi connectivity index (χ2n) is 7.01. The average Bonchev–Trinajstić information content (AvgIpc) is 3.03. The van der Waals surface area contributed by atoms with Gasteiger partial charge in [0.1, 0.15) is 18.0 Å². The van der Waals surface area contributed by atoms with Crippen molar-refractivity contribution in [1.82, 2.24) is 4.98 Å². The standard InChI is InChI=1S/C24H22N4O4/c1-5-31-20-9-15(6-7-19(20)32-12-21(29)30-4)8-16-13(2)17(10-25)23-22(16)14(3)18(11-26)24(27)28-23/h6-9H,5,12H2,1-4H3,(H2,27,28)/b16-8-. The van der Waals surface area contributed by atoms with Crippen molar-refractivity contribution in [2.24, 2.45) is 0 Å². The number of esters is 1. The summed E-state index contributed by atoms with van der Waals surface area (Å²) in [6.07, 6.45) is 1.90. The van der Waals surface area contributed by atoms with Gasteiger partial charge in [-0.25, -0.2) is 9.78 Å². The molecule has 0 fully saturated rings. The zero-order chi connectivity index (χ0) is 23.4. The number of nitriles is 2. The first kappa shape index (κ1) is 22.4. The smallest absolute Gasteiger partial charge is 0.343 e. The fourth-order valence-electron chi connectivity index (χ4n) is 3.56. The number of hydrogen-bond donors (Lipinski definition) is 1. The van der Waals surface area contributed by atoms with Crippen molar-refractivity contribution in [2.75, 3.05) is 26.1 Å². The minimum absolute atomic E-state index is 0.108. The molecule has 0 amide bonds. The first-order valence-electron chi connectivity index (χ1n) is 9.86. The largest absolute Gasteiger partial charge is 0.490 e. The van der Waals surface area contributed by atoms with Crippen LogP contribution in [0.4, 0.5) is 5.82 Å². The van der Waals surface area contributed by atoms with Crippen molar-refractivity contribution in [3.05, 3.63) is 51.7 Å². The van der Waals surface area contributed by atoms with Crippen LogP contribution in [-0.2, 0) is 9.53 Å². The molecule has 2 aromatic rings. The van der Waals surface area contributed by atoms with E-state index in [0.29, 0.717) is 46.1 Å². The number of ether oxygens (including phenoxy) is 3. The zero-order valence-corrected chi connectivity index (χ0v) is 18.3. The molecule has 0 radical (unpaired) electrons. The second kappa shape index (κ2) is 9.23. The molecule has 8 heteroatoms. The van der Waals surface area contributed by atoms with Gasteiger partial charge in [-0.3, -0.25) is 0 Å². The van der Waals surface area contributed by atoms with Crippen LogP contribution in [0.2, 0.25) is 0 Å². The molecule has 8 nitrogen and oxygen atoms in total. The number of anilines is 1. The summed E-state index contributed by atoms with van der Waals surface area (Å²) in [6.45, 7) is 5.65. The Labute approximate surface area is 186 Å². The van der Waals surface area contributed by atoms with Crippen molar-refractivity contribution < 1.29 is 19.0 Å². The first-order chi connectivity index (χ1) is 15.4. The molecule has 0 bridgehead atoms. The van der Waals surface area contributed by atoms with Crippen LogP contribution < -0.4 is 15.2 Å². The van der Waals surface area contributed by atoms with Crippen molar-refractivity contribution in [3.63, 3.8) is 0 Å². The van der Waals surface area contributed by atoms with E-state index in [1.165, 1.54) is 7.11 Å². The van der Waals surface area contributed by atoms with Gasteiger partial charge in [0.25, 0.3) is 0 Å². The number of nitrogens with two attached hydrogens (primary N) is 1. The van der Waals surface area contributed by atoms with E-state index in [1.807, 2.05) is 26.0 Å². The number of hydrogen-bond acceptors (Lipinski definition) is 8. The lowest BCUT2D eigenvalue weighted by atomic mass is 9.95. The van der Waals surface area contributed by atoms with Crippen LogP contribution in [0.15, 0.2) is 23.8 Å². The molecule has 1 aromatic carbocycles. The van der Waals surface area contributed by atoms with Gasteiger partial charge in [0.15, 0.2) is 18.1 Å². The predicted octanol–water partition coefficient (Wildman–Crippen LogP) is 3.65. The van der Waals surface area contributed by atoms with Gasteiger partial charge in [0.2, 0.25) is 0 Å². The Hall–Kier alpha value is -4.30. The van der Waals surface area contributed by atoms with Crippen LogP contribution >= 0.6 is 0 Å². The topological polar surface area (TPSA) is 131 Å². The van der Waals surface area contributed by atoms with Crippen molar-refractivity contribution in [3.8, 4) is 23.6 Å². The summed E-state index contributed by atoms with van der Waals surface area (Å²) >= 11 is 0. The van der Waals surface area contributed by atoms with Gasteiger partial charge in [0, 0.05) is 5.56 Å². The highest BCUT2D eigenvalue weighted by Crippen LogP contribution is 2.44. The molecule has 0 saturated heterocycles. The van der Waals surface area contributed by atoms with E-state index in [1.54, 1.807) is 19.1 Å². The van der Waals surface area contributed by atoms with Crippen LogP contribution in [0.25, 0.3) is 17.2 Å². The number of allylic oxidation sites excluding steroid dienone is 3. The fourth-order valence-corrected chi connectivity index (χ4v) is 3.56. The summed E-state index contributed by atoms with van der Waals surface area (Å²) in [5.74, 6) is 0.488. The van der Waals surface area contributed by atoms with E-state index in [9.17, 15) is 15.3 Å². The lowest BCUT2D eigenvalue weighted by Crippen LogP contribution is -2.13. The minimum Gasteiger partial charge on any atom is -0.490 e. The van der Waals surface area contributed by atoms with Gasteiger partial charge < -0.3 is 19.9 Å². The van der Waals surface area contributed by atoms with E-state index in [-0.39, 0.29) is 12.4 Å². The third kappa shape index (κ3) is 3.99. The van der Waals surface area contributed by atoms with Crippen LogP contribution in [0.1, 0.15) is 41.8 Å². The maximum atomic E-state index is 11.4. The molecule has 32 heavy (non-hydrogen) atoms. The lowest BCUT2D eigenvalue weighted by Gasteiger charge is -2.13. The highest BCUT2D eigenvalue weighted by atomic mass is 16.6. The number of aromatic nitrogens is 1. The molecule has 1 aromatic heterocycles. The lowest BCUT2D eigenvalue weighted by molar-refractivity contribution is -0.142. The highest BCUT2D eigenvalue weighted by Gasteiger charge is 2.29. The van der Waals surface area contributed by atoms with Gasteiger partial charge in [-0.15, -0.1) is 0 Å². The molecule has 0 unspecified atom stereocenters. The molecule has 0 aliphatic heterocycles. The summed E-state index contributed by atoms with van der Waals surface area (Å²) in [5.41, 5.74) is 10.9. The molecular formula is C24H22N4O4. The summed E-state index contributed by atoms with van der Waals surface area (Å²) in [4.78, 5) is 15.7. The molecular weight excluding hydrogens is 408 g/mol. The number of pyridine rings is 1. The molecule has 3 rings (SSSR count). The Kier molecular flexibility index (Phi) is 6.46. The Balaban J connectivity index is 2.12. The van der Waals surface area contributed by atoms with Crippen molar-refractivity contribution >= 4 is 29.0 Å². The van der Waals surface area contributed by atoms with Gasteiger partial charge in [0.05, 0.1) is 30.5 Å². The SMILES string of the molecule is CCOc1cc(/C=C2/C(C)=C(C#N)c3nc(N)c(C#N)c(C)c32)ccc1OCC(=O)OC. The van der Waals surface area contributed by atoms with Gasteiger partial charge >= 0.3 is 5.97 Å². The van der Waals surface area contributed by atoms with Crippen LogP contribution in [-0.4, -0.2) is 31.3 Å². The van der Waals surface area contributed by atoms with E-state index in [2.05, 4.69) is 21.9 Å².